The van der Waals surface area contributed by atoms with Gasteiger partial charge in [0.1, 0.15) is 0 Å². The molecule has 0 atom stereocenters. The Morgan fingerprint density at radius 3 is 2.46 bits per heavy atom. The molecule has 3 aromatic heterocycles. The number of nitrogens with zero attached hydrogens (tertiary/aromatic N) is 4. The summed E-state index contributed by atoms with van der Waals surface area (Å²) in [7, 11) is 0. The Hall–Kier alpha value is -2.97. The van der Waals surface area contributed by atoms with Crippen molar-refractivity contribution in [2.45, 2.75) is 84.8 Å². The molecule has 0 amide bonds. The van der Waals surface area contributed by atoms with E-state index in [2.05, 4.69) is 83.6 Å². The number of benzene rings is 1. The predicted molar refractivity (Wildman–Crippen MR) is 157 cm³/mol. The van der Waals surface area contributed by atoms with Crippen molar-refractivity contribution in [3.63, 3.8) is 0 Å². The lowest BCUT2D eigenvalue weighted by molar-refractivity contribution is 0.461. The van der Waals surface area contributed by atoms with Gasteiger partial charge in [0, 0.05) is 23.5 Å². The maximum absolute atomic E-state index is 5.03. The number of aryl methyl sites for hydroxylation is 1. The van der Waals surface area contributed by atoms with Crippen molar-refractivity contribution in [2.24, 2.45) is 5.73 Å². The van der Waals surface area contributed by atoms with E-state index in [0.29, 0.717) is 18.5 Å². The number of rotatable bonds is 8. The Morgan fingerprint density at radius 2 is 1.84 bits per heavy atom. The largest absolute Gasteiger partial charge is 0.364 e. The van der Waals surface area contributed by atoms with E-state index in [9.17, 15) is 0 Å². The molecular formula is C29H41N7S. The molecule has 1 fully saturated rings. The Labute approximate surface area is 224 Å². The van der Waals surface area contributed by atoms with Gasteiger partial charge >= 0.3 is 0 Å². The Kier molecular flexibility index (Phi) is 9.52. The maximum Gasteiger partial charge on any atom is 0.227 e. The SMILES string of the molecule is CCCN.Cc1csc(-c2ccc(CNc3nc(NC4CCCCC4)nc4c3ncn4C(C)C)cc2)c1. The van der Waals surface area contributed by atoms with Crippen molar-refractivity contribution in [3.8, 4) is 10.4 Å². The molecule has 37 heavy (non-hydrogen) atoms. The van der Waals surface area contributed by atoms with Crippen LogP contribution in [0.2, 0.25) is 0 Å². The van der Waals surface area contributed by atoms with E-state index in [1.54, 1.807) is 11.3 Å². The second kappa shape index (κ2) is 13.0. The first-order valence-corrected chi connectivity index (χ1v) is 14.5. The van der Waals surface area contributed by atoms with E-state index in [1.165, 1.54) is 53.7 Å². The maximum atomic E-state index is 5.03. The number of anilines is 2. The molecule has 0 radical (unpaired) electrons. The first kappa shape index (κ1) is 27.1. The third-order valence-electron chi connectivity index (χ3n) is 6.63. The summed E-state index contributed by atoms with van der Waals surface area (Å²) >= 11 is 1.79. The summed E-state index contributed by atoms with van der Waals surface area (Å²) in [5, 5.41) is 9.32. The lowest BCUT2D eigenvalue weighted by atomic mass is 9.96. The fraction of sp³-hybridized carbons (Fsp3) is 0.483. The van der Waals surface area contributed by atoms with Gasteiger partial charge in [-0.3, -0.25) is 0 Å². The number of thiophene rings is 1. The van der Waals surface area contributed by atoms with Crippen LogP contribution in [0.1, 0.15) is 76.5 Å². The van der Waals surface area contributed by atoms with Crippen LogP contribution in [0, 0.1) is 6.92 Å². The van der Waals surface area contributed by atoms with Crippen LogP contribution in [0.25, 0.3) is 21.6 Å². The monoisotopic (exact) mass is 519 g/mol. The summed E-state index contributed by atoms with van der Waals surface area (Å²) in [5.41, 5.74) is 10.5. The number of hydrogen-bond acceptors (Lipinski definition) is 7. The second-order valence-electron chi connectivity index (χ2n) is 10.1. The Balaban J connectivity index is 0.000000747. The van der Waals surface area contributed by atoms with Gasteiger partial charge in [0.25, 0.3) is 0 Å². The molecule has 0 spiro atoms. The molecule has 1 aliphatic rings. The number of fused-ring (bicyclic) bond motifs is 1. The van der Waals surface area contributed by atoms with Crippen LogP contribution in [-0.4, -0.2) is 32.1 Å². The first-order valence-electron chi connectivity index (χ1n) is 13.6. The molecule has 0 aliphatic heterocycles. The molecule has 0 saturated heterocycles. The molecule has 7 nitrogen and oxygen atoms in total. The highest BCUT2D eigenvalue weighted by Crippen LogP contribution is 2.28. The van der Waals surface area contributed by atoms with Gasteiger partial charge in [-0.2, -0.15) is 9.97 Å². The number of imidazole rings is 1. The molecule has 1 aliphatic carbocycles. The zero-order valence-corrected chi connectivity index (χ0v) is 23.4. The summed E-state index contributed by atoms with van der Waals surface area (Å²) in [6.45, 7) is 10.0. The van der Waals surface area contributed by atoms with Crippen molar-refractivity contribution >= 4 is 34.3 Å². The van der Waals surface area contributed by atoms with E-state index in [4.69, 9.17) is 15.7 Å². The predicted octanol–water partition coefficient (Wildman–Crippen LogP) is 7.16. The average molecular weight is 520 g/mol. The standard InChI is InChI=1S/C26H32N6S.C3H9N/c1-17(2)32-16-28-23-24(30-26(31-25(23)32)29-21-7-5-4-6-8-21)27-14-19-9-11-20(12-10-19)22-13-18(3)15-33-22;1-2-3-4/h9-13,15-17,21H,4-8,14H2,1-3H3,(H2,27,29,30,31);2-4H2,1H3. The van der Waals surface area contributed by atoms with Gasteiger partial charge in [0.05, 0.1) is 6.33 Å². The van der Waals surface area contributed by atoms with E-state index < -0.39 is 0 Å². The van der Waals surface area contributed by atoms with E-state index in [-0.39, 0.29) is 6.04 Å². The van der Waals surface area contributed by atoms with E-state index in [0.717, 1.165) is 29.9 Å². The van der Waals surface area contributed by atoms with Gasteiger partial charge in [-0.25, -0.2) is 4.98 Å². The molecule has 198 valence electrons. The number of hydrogen-bond donors (Lipinski definition) is 3. The van der Waals surface area contributed by atoms with Crippen molar-refractivity contribution in [3.05, 3.63) is 53.2 Å². The minimum absolute atomic E-state index is 0.286. The molecule has 1 saturated carbocycles. The van der Waals surface area contributed by atoms with Crippen LogP contribution in [0.4, 0.5) is 11.8 Å². The third-order valence-corrected chi connectivity index (χ3v) is 7.73. The highest BCUT2D eigenvalue weighted by molar-refractivity contribution is 7.13. The lowest BCUT2D eigenvalue weighted by Gasteiger charge is -2.23. The molecule has 3 heterocycles. The molecule has 8 heteroatoms. The minimum Gasteiger partial charge on any atom is -0.364 e. The quantitative estimate of drug-likeness (QED) is 0.229. The van der Waals surface area contributed by atoms with Crippen LogP contribution >= 0.6 is 11.3 Å². The van der Waals surface area contributed by atoms with Crippen molar-refractivity contribution < 1.29 is 0 Å². The third kappa shape index (κ3) is 7.08. The van der Waals surface area contributed by atoms with E-state index >= 15 is 0 Å². The molecule has 1 aromatic carbocycles. The molecule has 0 bridgehead atoms. The zero-order chi connectivity index (χ0) is 26.2. The van der Waals surface area contributed by atoms with Crippen LogP contribution in [0.3, 0.4) is 0 Å². The highest BCUT2D eigenvalue weighted by atomic mass is 32.1. The zero-order valence-electron chi connectivity index (χ0n) is 22.6. The van der Waals surface area contributed by atoms with Crippen LogP contribution in [-0.2, 0) is 6.54 Å². The number of aromatic nitrogens is 4. The summed E-state index contributed by atoms with van der Waals surface area (Å²) in [5.74, 6) is 1.48. The fourth-order valence-corrected chi connectivity index (χ4v) is 5.37. The molecule has 0 unspecified atom stereocenters. The van der Waals surface area contributed by atoms with Crippen molar-refractivity contribution in [2.75, 3.05) is 17.2 Å². The number of nitrogens with two attached hydrogens (primary N) is 1. The fourth-order valence-electron chi connectivity index (χ4n) is 4.47. The van der Waals surface area contributed by atoms with E-state index in [1.807, 2.05) is 6.33 Å². The van der Waals surface area contributed by atoms with Crippen LogP contribution in [0.15, 0.2) is 42.0 Å². The van der Waals surface area contributed by atoms with Gasteiger partial charge in [-0.15, -0.1) is 11.3 Å². The van der Waals surface area contributed by atoms with Crippen molar-refractivity contribution in [1.82, 2.24) is 19.5 Å². The van der Waals surface area contributed by atoms with Crippen LogP contribution in [0.5, 0.6) is 0 Å². The molecular weight excluding hydrogens is 478 g/mol. The second-order valence-corrected chi connectivity index (χ2v) is 11.0. The van der Waals surface area contributed by atoms with Gasteiger partial charge in [-0.05, 0) is 74.7 Å². The molecule has 4 N–H and O–H groups in total. The summed E-state index contributed by atoms with van der Waals surface area (Å²) in [6, 6.07) is 11.7. The topological polar surface area (TPSA) is 93.7 Å². The van der Waals surface area contributed by atoms with Gasteiger partial charge in [0.15, 0.2) is 17.0 Å². The Morgan fingerprint density at radius 1 is 1.11 bits per heavy atom. The van der Waals surface area contributed by atoms with Crippen LogP contribution < -0.4 is 16.4 Å². The van der Waals surface area contributed by atoms with Gasteiger partial charge < -0.3 is 20.9 Å². The minimum atomic E-state index is 0.286. The summed E-state index contributed by atoms with van der Waals surface area (Å²) in [4.78, 5) is 15.6. The summed E-state index contributed by atoms with van der Waals surface area (Å²) in [6.07, 6.45) is 9.21. The lowest BCUT2D eigenvalue weighted by Crippen LogP contribution is -2.24. The number of nitrogens with one attached hydrogen (secondary N) is 2. The summed E-state index contributed by atoms with van der Waals surface area (Å²) < 4.78 is 2.12. The molecule has 5 rings (SSSR count). The first-order chi connectivity index (χ1) is 18.0. The average Bonchev–Trinajstić information content (AvgIpc) is 3.55. The van der Waals surface area contributed by atoms with Crippen molar-refractivity contribution in [1.29, 1.82) is 0 Å². The normalized spacial score (nSPS) is 14.0. The van der Waals surface area contributed by atoms with Gasteiger partial charge in [-0.1, -0.05) is 50.5 Å². The smallest absolute Gasteiger partial charge is 0.227 e. The molecule has 4 aromatic rings. The highest BCUT2D eigenvalue weighted by Gasteiger charge is 2.18. The Bertz CT molecular complexity index is 1250. The van der Waals surface area contributed by atoms with Gasteiger partial charge in [0.2, 0.25) is 5.95 Å².